The highest BCUT2D eigenvalue weighted by Crippen LogP contribution is 2.26. The molecule has 0 unspecified atom stereocenters. The van der Waals surface area contributed by atoms with Crippen LogP contribution >= 0.6 is 0 Å². The summed E-state index contributed by atoms with van der Waals surface area (Å²) in [5, 5.41) is 9.78. The van der Waals surface area contributed by atoms with Crippen LogP contribution in [-0.4, -0.2) is 34.2 Å². The smallest absolute Gasteiger partial charge is 0.332 e. The Bertz CT molecular complexity index is 1460. The number of aliphatic hydroxyl groups is 1. The van der Waals surface area contributed by atoms with Crippen LogP contribution < -0.4 is 10.4 Å². The van der Waals surface area contributed by atoms with Crippen LogP contribution in [0.3, 0.4) is 0 Å². The van der Waals surface area contributed by atoms with Crippen molar-refractivity contribution < 1.29 is 9.84 Å². The van der Waals surface area contributed by atoms with Crippen LogP contribution in [-0.2, 0) is 20.1 Å². The number of imidazole rings is 2. The number of benzene rings is 1. The van der Waals surface area contributed by atoms with Crippen LogP contribution in [0.15, 0.2) is 53.6 Å². The molecule has 2 N–H and O–H groups in total. The van der Waals surface area contributed by atoms with Crippen molar-refractivity contribution in [2.24, 2.45) is 7.05 Å². The van der Waals surface area contributed by atoms with Gasteiger partial charge in [0.15, 0.2) is 11.3 Å². The highest BCUT2D eigenvalue weighted by atomic mass is 16.5. The van der Waals surface area contributed by atoms with Crippen molar-refractivity contribution in [3.8, 4) is 17.4 Å². The third-order valence-electron chi connectivity index (χ3n) is 5.33. The summed E-state index contributed by atoms with van der Waals surface area (Å²) >= 11 is 0. The lowest BCUT2D eigenvalue weighted by atomic mass is 10.1. The first-order valence-corrected chi connectivity index (χ1v) is 9.88. The van der Waals surface area contributed by atoms with Crippen LogP contribution in [0.25, 0.3) is 28.0 Å². The van der Waals surface area contributed by atoms with Gasteiger partial charge in [-0.1, -0.05) is 6.92 Å². The first-order chi connectivity index (χ1) is 15.1. The molecule has 0 aliphatic heterocycles. The van der Waals surface area contributed by atoms with Gasteiger partial charge < -0.3 is 14.8 Å². The minimum atomic E-state index is -0.319. The van der Waals surface area contributed by atoms with Gasteiger partial charge in [0, 0.05) is 25.0 Å². The van der Waals surface area contributed by atoms with Gasteiger partial charge in [0.1, 0.15) is 11.3 Å². The van der Waals surface area contributed by atoms with E-state index < -0.39 is 0 Å². The molecule has 5 aromatic rings. The number of nitrogens with zero attached hydrogens (tertiary/aromatic N) is 5. The van der Waals surface area contributed by atoms with E-state index >= 15 is 0 Å². The average Bonchev–Trinajstić information content (AvgIpc) is 3.29. The number of aliphatic hydroxyl groups excluding tert-OH is 1. The zero-order chi connectivity index (χ0) is 21.5. The summed E-state index contributed by atoms with van der Waals surface area (Å²) < 4.78 is 9.18. The maximum absolute atomic E-state index is 12.7. The Hall–Kier alpha value is -3.98. The molecule has 0 amide bonds. The molecule has 156 valence electrons. The first-order valence-electron chi connectivity index (χ1n) is 9.88. The molecule has 0 saturated heterocycles. The van der Waals surface area contributed by atoms with E-state index in [0.717, 1.165) is 23.1 Å². The van der Waals surface area contributed by atoms with E-state index in [1.54, 1.807) is 41.2 Å². The summed E-state index contributed by atoms with van der Waals surface area (Å²) in [5.74, 6) is 0.576. The molecule has 0 aliphatic carbocycles. The number of hydrogen-bond donors (Lipinski definition) is 2. The molecule has 4 aromatic heterocycles. The van der Waals surface area contributed by atoms with E-state index in [1.807, 2.05) is 26.1 Å². The van der Waals surface area contributed by atoms with Gasteiger partial charge in [-0.05, 0) is 48.4 Å². The molecule has 9 nitrogen and oxygen atoms in total. The largest absolute Gasteiger partial charge is 0.425 e. The number of H-pyrrole nitrogens is 1. The molecule has 31 heavy (non-hydrogen) atoms. The summed E-state index contributed by atoms with van der Waals surface area (Å²) in [4.78, 5) is 28.7. The predicted octanol–water partition coefficient (Wildman–Crippen LogP) is 2.84. The molecule has 5 rings (SSSR count). The van der Waals surface area contributed by atoms with Gasteiger partial charge in [-0.15, -0.1) is 0 Å². The first kappa shape index (κ1) is 19.0. The maximum Gasteiger partial charge on any atom is 0.332 e. The quantitative estimate of drug-likeness (QED) is 0.456. The summed E-state index contributed by atoms with van der Waals surface area (Å²) in [5.41, 5.74) is 4.43. The fourth-order valence-corrected chi connectivity index (χ4v) is 3.72. The Labute approximate surface area is 176 Å². The number of rotatable bonds is 5. The van der Waals surface area contributed by atoms with Gasteiger partial charge >= 0.3 is 11.7 Å². The van der Waals surface area contributed by atoms with Crippen LogP contribution in [0.1, 0.15) is 18.1 Å². The Kier molecular flexibility index (Phi) is 4.52. The second-order valence-electron chi connectivity index (χ2n) is 7.13. The highest BCUT2D eigenvalue weighted by molar-refractivity contribution is 5.78. The molecule has 0 atom stereocenters. The molecule has 0 spiro atoms. The van der Waals surface area contributed by atoms with Crippen molar-refractivity contribution in [3.05, 3.63) is 70.4 Å². The fraction of sp³-hybridized carbons (Fsp3) is 0.182. The summed E-state index contributed by atoms with van der Waals surface area (Å²) in [6, 6.07) is 11.2. The number of hydrogen-bond acceptors (Lipinski definition) is 6. The second-order valence-corrected chi connectivity index (χ2v) is 7.13. The number of ether oxygens (including phenoxy) is 1. The van der Waals surface area contributed by atoms with Gasteiger partial charge in [-0.25, -0.2) is 19.3 Å². The van der Waals surface area contributed by atoms with Gasteiger partial charge in [0.25, 0.3) is 0 Å². The van der Waals surface area contributed by atoms with E-state index in [-0.39, 0.29) is 12.3 Å². The molecule has 9 heteroatoms. The lowest BCUT2D eigenvalue weighted by Crippen LogP contribution is -2.14. The third-order valence-corrected chi connectivity index (χ3v) is 5.33. The Morgan fingerprint density at radius 1 is 1.13 bits per heavy atom. The van der Waals surface area contributed by atoms with E-state index in [9.17, 15) is 9.90 Å². The second kappa shape index (κ2) is 7.37. The number of aromatic nitrogens is 6. The molecule has 0 aliphatic rings. The molecular formula is C22H20N6O3. The number of nitrogens with one attached hydrogen (secondary N) is 1. The van der Waals surface area contributed by atoms with Crippen LogP contribution in [0, 0.1) is 0 Å². The SMILES string of the molecule is CCc1cnc2c([nH]c(=O)n2-c2ccc(Oc3nc4cccnc4n3C)cc2)c1CO. The Balaban J connectivity index is 1.51. The van der Waals surface area contributed by atoms with Crippen molar-refractivity contribution in [2.45, 2.75) is 20.0 Å². The lowest BCUT2D eigenvalue weighted by molar-refractivity contribution is 0.282. The lowest BCUT2D eigenvalue weighted by Gasteiger charge is -2.08. The molecule has 1 aromatic carbocycles. The third kappa shape index (κ3) is 3.06. The fourth-order valence-electron chi connectivity index (χ4n) is 3.72. The normalized spacial score (nSPS) is 11.5. The predicted molar refractivity (Wildman–Crippen MR) is 116 cm³/mol. The van der Waals surface area contributed by atoms with E-state index in [2.05, 4.69) is 19.9 Å². The topological polar surface area (TPSA) is 111 Å². The molecule has 0 fully saturated rings. The van der Waals surface area contributed by atoms with Crippen LogP contribution in [0.4, 0.5) is 0 Å². The zero-order valence-electron chi connectivity index (χ0n) is 17.0. The highest BCUT2D eigenvalue weighted by Gasteiger charge is 2.16. The minimum absolute atomic E-state index is 0.165. The molecule has 0 bridgehead atoms. The number of fused-ring (bicyclic) bond motifs is 2. The van der Waals surface area contributed by atoms with Gasteiger partial charge in [0.2, 0.25) is 0 Å². The monoisotopic (exact) mass is 416 g/mol. The van der Waals surface area contributed by atoms with Crippen LogP contribution in [0.2, 0.25) is 0 Å². The standard InChI is InChI=1S/C22H20N6O3/c1-3-13-11-24-20-18(16(13)12-29)26-21(30)28(20)14-6-8-15(9-7-14)31-22-25-17-5-4-10-23-19(17)27(22)2/h4-11,29H,3,12H2,1-2H3,(H,26,30). The Morgan fingerprint density at radius 3 is 2.65 bits per heavy atom. The van der Waals surface area contributed by atoms with Gasteiger partial charge in [0.05, 0.1) is 17.8 Å². The van der Waals surface area contributed by atoms with Gasteiger partial charge in [-0.2, -0.15) is 4.98 Å². The summed E-state index contributed by atoms with van der Waals surface area (Å²) in [6.45, 7) is 1.82. The summed E-state index contributed by atoms with van der Waals surface area (Å²) in [7, 11) is 1.84. The Morgan fingerprint density at radius 2 is 1.94 bits per heavy atom. The molecule has 0 saturated carbocycles. The van der Waals surface area contributed by atoms with E-state index in [4.69, 9.17) is 4.74 Å². The number of aryl methyl sites for hydroxylation is 2. The minimum Gasteiger partial charge on any atom is -0.425 e. The van der Waals surface area contributed by atoms with Crippen molar-refractivity contribution in [2.75, 3.05) is 0 Å². The molecule has 0 radical (unpaired) electrons. The van der Waals surface area contributed by atoms with Crippen molar-refractivity contribution in [1.29, 1.82) is 0 Å². The van der Waals surface area contributed by atoms with E-state index in [0.29, 0.717) is 34.2 Å². The molecular weight excluding hydrogens is 396 g/mol. The van der Waals surface area contributed by atoms with Crippen molar-refractivity contribution in [1.82, 2.24) is 29.1 Å². The number of pyridine rings is 2. The number of aromatic amines is 1. The molecule has 4 heterocycles. The van der Waals surface area contributed by atoms with Gasteiger partial charge in [-0.3, -0.25) is 4.57 Å². The summed E-state index contributed by atoms with van der Waals surface area (Å²) in [6.07, 6.45) is 4.13. The average molecular weight is 416 g/mol. The maximum atomic E-state index is 12.7. The zero-order valence-corrected chi connectivity index (χ0v) is 17.0. The van der Waals surface area contributed by atoms with E-state index in [1.165, 1.54) is 4.57 Å². The van der Waals surface area contributed by atoms with Crippen molar-refractivity contribution in [3.63, 3.8) is 0 Å². The van der Waals surface area contributed by atoms with Crippen molar-refractivity contribution >= 4 is 22.3 Å². The van der Waals surface area contributed by atoms with Crippen LogP contribution in [0.5, 0.6) is 11.8 Å².